The normalized spacial score (nSPS) is 14.1. The number of ether oxygens (including phenoxy) is 1. The summed E-state index contributed by atoms with van der Waals surface area (Å²) in [7, 11) is 0. The van der Waals surface area contributed by atoms with E-state index in [4.69, 9.17) is 5.41 Å². The number of alkyl halides is 3. The molecule has 0 amide bonds. The van der Waals surface area contributed by atoms with Gasteiger partial charge < -0.3 is 10.1 Å². The van der Waals surface area contributed by atoms with Crippen LogP contribution in [0.3, 0.4) is 0 Å². The van der Waals surface area contributed by atoms with Crippen molar-refractivity contribution in [3.8, 4) is 0 Å². The highest BCUT2D eigenvalue weighted by Crippen LogP contribution is 2.20. The molecule has 0 radical (unpaired) electrons. The number of allylic oxidation sites excluding steroid dienone is 4. The van der Waals surface area contributed by atoms with Crippen molar-refractivity contribution in [2.24, 2.45) is 0 Å². The van der Waals surface area contributed by atoms with Crippen LogP contribution in [-0.2, 0) is 4.74 Å². The molecule has 0 aliphatic heterocycles. The fraction of sp³-hybridized carbons (Fsp3) is 0.444. The highest BCUT2D eigenvalue weighted by molar-refractivity contribution is 5.95. The van der Waals surface area contributed by atoms with Gasteiger partial charge in [0.1, 0.15) is 5.76 Å². The van der Waals surface area contributed by atoms with Gasteiger partial charge in [-0.3, -0.25) is 0 Å². The molecule has 0 bridgehead atoms. The van der Waals surface area contributed by atoms with E-state index in [1.54, 1.807) is 13.8 Å². The minimum absolute atomic E-state index is 0.252. The Morgan fingerprint density at radius 1 is 1.14 bits per heavy atom. The lowest BCUT2D eigenvalue weighted by Gasteiger charge is -2.07. The third-order valence-corrected chi connectivity index (χ3v) is 1.44. The quantitative estimate of drug-likeness (QED) is 0.429. The predicted octanol–water partition coefficient (Wildman–Crippen LogP) is 3.41. The molecule has 0 atom stereocenters. The van der Waals surface area contributed by atoms with E-state index in [1.807, 2.05) is 0 Å². The zero-order chi connectivity index (χ0) is 11.4. The lowest BCUT2D eigenvalue weighted by Crippen LogP contribution is -2.11. The molecule has 0 aromatic rings. The average molecular weight is 207 g/mol. The van der Waals surface area contributed by atoms with E-state index in [2.05, 4.69) is 4.74 Å². The molecule has 0 aliphatic carbocycles. The van der Waals surface area contributed by atoms with Gasteiger partial charge in [0.05, 0.1) is 0 Å². The Labute approximate surface area is 80.6 Å². The maximum Gasteiger partial charge on any atom is 0.572 e. The number of nitrogens with one attached hydrogen (secondary N) is 1. The zero-order valence-corrected chi connectivity index (χ0v) is 8.20. The van der Waals surface area contributed by atoms with Crippen molar-refractivity contribution >= 4 is 5.71 Å². The van der Waals surface area contributed by atoms with Crippen molar-refractivity contribution in [3.63, 3.8) is 0 Å². The Bertz CT molecular complexity index is 276. The summed E-state index contributed by atoms with van der Waals surface area (Å²) in [5, 5.41) is 7.16. The van der Waals surface area contributed by atoms with Crippen LogP contribution in [0.2, 0.25) is 0 Å². The first kappa shape index (κ1) is 12.7. The van der Waals surface area contributed by atoms with Crippen LogP contribution < -0.4 is 0 Å². The molecule has 0 saturated heterocycles. The predicted molar refractivity (Wildman–Crippen MR) is 48.1 cm³/mol. The maximum atomic E-state index is 11.7. The summed E-state index contributed by atoms with van der Waals surface area (Å²) in [4.78, 5) is 0. The molecule has 0 aromatic heterocycles. The van der Waals surface area contributed by atoms with E-state index in [0.717, 1.165) is 0 Å². The molecule has 0 aliphatic rings. The van der Waals surface area contributed by atoms with Gasteiger partial charge in [0.15, 0.2) is 0 Å². The third kappa shape index (κ3) is 6.28. The molecule has 0 saturated carbocycles. The maximum absolute atomic E-state index is 11.7. The minimum Gasteiger partial charge on any atom is -0.411 e. The van der Waals surface area contributed by atoms with Gasteiger partial charge in [-0.05, 0) is 32.4 Å². The second kappa shape index (κ2) is 4.83. The second-order valence-electron chi connectivity index (χ2n) is 2.80. The lowest BCUT2D eigenvalue weighted by molar-refractivity contribution is -0.305. The van der Waals surface area contributed by atoms with Crippen LogP contribution in [-0.4, -0.2) is 12.1 Å². The van der Waals surface area contributed by atoms with Crippen LogP contribution in [0.4, 0.5) is 13.2 Å². The molecule has 2 nitrogen and oxygen atoms in total. The van der Waals surface area contributed by atoms with Crippen molar-refractivity contribution < 1.29 is 17.9 Å². The van der Waals surface area contributed by atoms with Crippen LogP contribution >= 0.6 is 0 Å². The summed E-state index contributed by atoms with van der Waals surface area (Å²) in [5.74, 6) is -0.252. The van der Waals surface area contributed by atoms with Gasteiger partial charge in [0, 0.05) is 5.71 Å². The largest absolute Gasteiger partial charge is 0.572 e. The average Bonchev–Trinajstić information content (AvgIpc) is 1.96. The first-order chi connectivity index (χ1) is 6.22. The summed E-state index contributed by atoms with van der Waals surface area (Å²) >= 11 is 0. The van der Waals surface area contributed by atoms with Crippen molar-refractivity contribution in [2.75, 3.05) is 0 Å². The lowest BCUT2D eigenvalue weighted by atomic mass is 10.2. The van der Waals surface area contributed by atoms with Gasteiger partial charge in [-0.2, -0.15) is 0 Å². The molecule has 0 aromatic carbocycles. The highest BCUT2D eigenvalue weighted by Gasteiger charge is 2.30. The van der Waals surface area contributed by atoms with E-state index in [0.29, 0.717) is 11.3 Å². The summed E-state index contributed by atoms with van der Waals surface area (Å²) in [6.45, 7) is 4.40. The first-order valence-corrected chi connectivity index (χ1v) is 3.89. The number of hydrogen-bond donors (Lipinski definition) is 1. The zero-order valence-electron chi connectivity index (χ0n) is 8.20. The highest BCUT2D eigenvalue weighted by atomic mass is 19.4. The third-order valence-electron chi connectivity index (χ3n) is 1.44. The van der Waals surface area contributed by atoms with E-state index in [-0.39, 0.29) is 5.76 Å². The first-order valence-electron chi connectivity index (χ1n) is 3.89. The second-order valence-corrected chi connectivity index (χ2v) is 2.80. The molecular formula is C9H12F3NO. The Morgan fingerprint density at radius 2 is 1.64 bits per heavy atom. The van der Waals surface area contributed by atoms with Crippen LogP contribution in [0.25, 0.3) is 0 Å². The molecule has 80 valence electrons. The summed E-state index contributed by atoms with van der Waals surface area (Å²) in [5.41, 5.74) is 0.899. The van der Waals surface area contributed by atoms with Crippen LogP contribution in [0.5, 0.6) is 0 Å². The monoisotopic (exact) mass is 207 g/mol. The molecule has 0 rings (SSSR count). The number of hydrogen-bond acceptors (Lipinski definition) is 2. The molecule has 5 heteroatoms. The fourth-order valence-corrected chi connectivity index (χ4v) is 0.584. The van der Waals surface area contributed by atoms with Gasteiger partial charge in [-0.15, -0.1) is 13.2 Å². The van der Waals surface area contributed by atoms with Gasteiger partial charge in [-0.1, -0.05) is 6.08 Å². The van der Waals surface area contributed by atoms with Crippen molar-refractivity contribution in [3.05, 3.63) is 23.5 Å². The van der Waals surface area contributed by atoms with Gasteiger partial charge >= 0.3 is 6.36 Å². The number of halogens is 3. The summed E-state index contributed by atoms with van der Waals surface area (Å²) in [6.07, 6.45) is -2.06. The van der Waals surface area contributed by atoms with Crippen LogP contribution in [0.1, 0.15) is 20.8 Å². The van der Waals surface area contributed by atoms with Gasteiger partial charge in [0.2, 0.25) is 0 Å². The molecule has 14 heavy (non-hydrogen) atoms. The standard InChI is InChI=1S/C9H12F3NO/c1-6(8(3)13)4-5-7(2)14-9(10,11)12/h4-5,13H,1-3H3/b6-4+,7-5?,13-8?. The smallest absolute Gasteiger partial charge is 0.411 e. The van der Waals surface area contributed by atoms with Crippen molar-refractivity contribution in [1.29, 1.82) is 5.41 Å². The molecule has 0 fully saturated rings. The van der Waals surface area contributed by atoms with E-state index in [9.17, 15) is 13.2 Å². The van der Waals surface area contributed by atoms with Crippen LogP contribution in [0.15, 0.2) is 23.5 Å². The molecular weight excluding hydrogens is 195 g/mol. The fourth-order valence-electron chi connectivity index (χ4n) is 0.584. The Balaban J connectivity index is 4.40. The van der Waals surface area contributed by atoms with Gasteiger partial charge in [0.25, 0.3) is 0 Å². The molecule has 0 heterocycles. The Kier molecular flexibility index (Phi) is 4.40. The summed E-state index contributed by atoms with van der Waals surface area (Å²) < 4.78 is 38.6. The van der Waals surface area contributed by atoms with E-state index < -0.39 is 6.36 Å². The molecule has 0 unspecified atom stereocenters. The topological polar surface area (TPSA) is 33.1 Å². The Morgan fingerprint density at radius 3 is 2.00 bits per heavy atom. The molecule has 1 N–H and O–H groups in total. The summed E-state index contributed by atoms with van der Waals surface area (Å²) in [6, 6.07) is 0. The van der Waals surface area contributed by atoms with Gasteiger partial charge in [-0.25, -0.2) is 0 Å². The van der Waals surface area contributed by atoms with Crippen LogP contribution in [0, 0.1) is 5.41 Å². The van der Waals surface area contributed by atoms with E-state index in [1.165, 1.54) is 19.1 Å². The minimum atomic E-state index is -4.65. The Hall–Kier alpha value is -1.26. The SMILES string of the molecule is CC(=N)/C(C)=C/C=C(C)OC(F)(F)F. The number of rotatable bonds is 3. The van der Waals surface area contributed by atoms with Crippen molar-refractivity contribution in [1.82, 2.24) is 0 Å². The van der Waals surface area contributed by atoms with E-state index >= 15 is 0 Å². The molecule has 0 spiro atoms. The van der Waals surface area contributed by atoms with Crippen molar-refractivity contribution in [2.45, 2.75) is 27.1 Å².